The maximum atomic E-state index is 12.9. The first kappa shape index (κ1) is 66.4. The predicted octanol–water partition coefficient (Wildman–Crippen LogP) is 20.4. The van der Waals surface area contributed by atoms with Crippen LogP contribution in [0.1, 0.15) is 349 Å². The quantitative estimate of drug-likeness (QED) is 0.0343. The molecule has 0 aliphatic rings. The third-order valence-electron chi connectivity index (χ3n) is 14.6. The Morgan fingerprint density at radius 2 is 0.559 bits per heavy atom. The topological polar surface area (TPSA) is 78.9 Å². The van der Waals surface area contributed by atoms with Gasteiger partial charge in [0.2, 0.25) is 0 Å². The second kappa shape index (κ2) is 54.7. The lowest BCUT2D eigenvalue weighted by molar-refractivity contribution is -0.167. The normalized spacial score (nSPS) is 12.4. The molecule has 0 fully saturated rings. The number of rotatable bonds is 56. The molecule has 0 aromatic carbocycles. The molecule has 0 N–H and O–H groups in total. The highest BCUT2D eigenvalue weighted by atomic mass is 16.6. The summed E-state index contributed by atoms with van der Waals surface area (Å²) >= 11 is 0. The van der Waals surface area contributed by atoms with Gasteiger partial charge in [0, 0.05) is 19.3 Å². The SMILES string of the molecule is CCCCCCCCCCCCCCCCCCCCCC(=O)OC[C@H](COC(=O)CCCCCCCCCCCCCCCCC(C)C)OC(=O)CCCCCCCCCCCCC(C)CC. The molecule has 0 aromatic rings. The lowest BCUT2D eigenvalue weighted by atomic mass is 9.99. The van der Waals surface area contributed by atoms with Gasteiger partial charge in [-0.3, -0.25) is 14.4 Å². The Morgan fingerprint density at radius 1 is 0.309 bits per heavy atom. The van der Waals surface area contributed by atoms with E-state index in [1.807, 2.05) is 0 Å². The maximum Gasteiger partial charge on any atom is 0.306 e. The monoisotopic (exact) mass is 961 g/mol. The number of carbonyl (C=O) groups is 3. The van der Waals surface area contributed by atoms with Gasteiger partial charge in [0.15, 0.2) is 6.10 Å². The second-order valence-corrected chi connectivity index (χ2v) is 22.1. The fourth-order valence-electron chi connectivity index (χ4n) is 9.55. The van der Waals surface area contributed by atoms with E-state index >= 15 is 0 Å². The van der Waals surface area contributed by atoms with Crippen LogP contribution in [0, 0.1) is 11.8 Å². The zero-order chi connectivity index (χ0) is 49.6. The lowest BCUT2D eigenvalue weighted by Crippen LogP contribution is -2.30. The molecular formula is C62H120O6. The van der Waals surface area contributed by atoms with E-state index in [1.165, 1.54) is 238 Å². The van der Waals surface area contributed by atoms with Gasteiger partial charge in [0.25, 0.3) is 0 Å². The number of ether oxygens (including phenoxy) is 3. The van der Waals surface area contributed by atoms with E-state index < -0.39 is 6.10 Å². The zero-order valence-corrected chi connectivity index (χ0v) is 46.7. The Kier molecular flexibility index (Phi) is 53.5. The van der Waals surface area contributed by atoms with Gasteiger partial charge in [-0.25, -0.2) is 0 Å². The Morgan fingerprint density at radius 3 is 0.838 bits per heavy atom. The number of unbranched alkanes of at least 4 members (excludes halogenated alkanes) is 40. The first-order chi connectivity index (χ1) is 33.3. The van der Waals surface area contributed by atoms with E-state index in [0.29, 0.717) is 19.3 Å². The molecule has 68 heavy (non-hydrogen) atoms. The molecule has 0 aliphatic carbocycles. The summed E-state index contributed by atoms with van der Waals surface area (Å²) < 4.78 is 16.9. The molecule has 0 saturated heterocycles. The van der Waals surface area contributed by atoms with Crippen molar-refractivity contribution in [3.05, 3.63) is 0 Å². The predicted molar refractivity (Wildman–Crippen MR) is 293 cm³/mol. The summed E-state index contributed by atoms with van der Waals surface area (Å²) in [7, 11) is 0. The van der Waals surface area contributed by atoms with Crippen molar-refractivity contribution in [2.24, 2.45) is 11.8 Å². The van der Waals surface area contributed by atoms with Crippen molar-refractivity contribution in [2.75, 3.05) is 13.2 Å². The first-order valence-corrected chi connectivity index (χ1v) is 30.8. The summed E-state index contributed by atoms with van der Waals surface area (Å²) in [4.78, 5) is 38.2. The number of carbonyl (C=O) groups excluding carboxylic acids is 3. The molecule has 0 saturated carbocycles. The van der Waals surface area contributed by atoms with Crippen LogP contribution in [0.15, 0.2) is 0 Å². The van der Waals surface area contributed by atoms with E-state index in [-0.39, 0.29) is 31.1 Å². The number of hydrogen-bond donors (Lipinski definition) is 0. The van der Waals surface area contributed by atoms with Crippen molar-refractivity contribution in [2.45, 2.75) is 355 Å². The van der Waals surface area contributed by atoms with Crippen LogP contribution in [-0.2, 0) is 28.6 Å². The van der Waals surface area contributed by atoms with Crippen molar-refractivity contribution in [1.82, 2.24) is 0 Å². The van der Waals surface area contributed by atoms with Crippen molar-refractivity contribution in [3.8, 4) is 0 Å². The molecular weight excluding hydrogens is 841 g/mol. The molecule has 0 aliphatic heterocycles. The molecule has 0 aromatic heterocycles. The van der Waals surface area contributed by atoms with Crippen LogP contribution in [0.2, 0.25) is 0 Å². The number of hydrogen-bond acceptors (Lipinski definition) is 6. The molecule has 6 nitrogen and oxygen atoms in total. The Balaban J connectivity index is 4.28. The van der Waals surface area contributed by atoms with Gasteiger partial charge in [0.1, 0.15) is 13.2 Å². The van der Waals surface area contributed by atoms with Gasteiger partial charge in [-0.15, -0.1) is 0 Å². The van der Waals surface area contributed by atoms with Gasteiger partial charge < -0.3 is 14.2 Å². The molecule has 0 heterocycles. The van der Waals surface area contributed by atoms with Gasteiger partial charge in [-0.1, -0.05) is 311 Å². The molecule has 6 heteroatoms. The maximum absolute atomic E-state index is 12.9. The van der Waals surface area contributed by atoms with Crippen molar-refractivity contribution in [3.63, 3.8) is 0 Å². The standard InChI is InChI=1S/C62H120O6/c1-6-8-9-10-11-12-13-14-15-16-17-18-19-23-26-32-37-42-47-52-60(63)66-55-59(68-62(65)54-49-44-39-34-29-28-31-36-41-46-51-58(5)7-2)56-67-61(64)53-48-43-38-33-27-24-21-20-22-25-30-35-40-45-50-57(3)4/h57-59H,6-56H2,1-5H3/t58?,59-/m1/s1. The summed E-state index contributed by atoms with van der Waals surface area (Å²) in [5.74, 6) is 0.876. The number of esters is 3. The largest absolute Gasteiger partial charge is 0.462 e. The van der Waals surface area contributed by atoms with Gasteiger partial charge in [-0.2, -0.15) is 0 Å². The van der Waals surface area contributed by atoms with E-state index in [1.54, 1.807) is 0 Å². The van der Waals surface area contributed by atoms with E-state index in [4.69, 9.17) is 14.2 Å². The van der Waals surface area contributed by atoms with E-state index in [2.05, 4.69) is 34.6 Å². The van der Waals surface area contributed by atoms with Crippen LogP contribution in [0.4, 0.5) is 0 Å². The molecule has 0 bridgehead atoms. The molecule has 1 unspecified atom stereocenters. The van der Waals surface area contributed by atoms with Crippen LogP contribution in [0.5, 0.6) is 0 Å². The highest BCUT2D eigenvalue weighted by Gasteiger charge is 2.19. The highest BCUT2D eigenvalue weighted by Crippen LogP contribution is 2.19. The summed E-state index contributed by atoms with van der Waals surface area (Å²) in [6.07, 6.45) is 59.5. The Bertz CT molecular complexity index is 1040. The zero-order valence-electron chi connectivity index (χ0n) is 46.7. The lowest BCUT2D eigenvalue weighted by Gasteiger charge is -2.18. The summed E-state index contributed by atoms with van der Waals surface area (Å²) in [5, 5.41) is 0. The van der Waals surface area contributed by atoms with Crippen LogP contribution in [0.25, 0.3) is 0 Å². The van der Waals surface area contributed by atoms with Crippen molar-refractivity contribution >= 4 is 17.9 Å². The second-order valence-electron chi connectivity index (χ2n) is 22.1. The van der Waals surface area contributed by atoms with Crippen LogP contribution < -0.4 is 0 Å². The van der Waals surface area contributed by atoms with Crippen molar-refractivity contribution in [1.29, 1.82) is 0 Å². The average Bonchev–Trinajstić information content (AvgIpc) is 3.32. The summed E-state index contributed by atoms with van der Waals surface area (Å²) in [5.41, 5.74) is 0. The minimum absolute atomic E-state index is 0.0625. The molecule has 404 valence electrons. The average molecular weight is 962 g/mol. The van der Waals surface area contributed by atoms with E-state index in [9.17, 15) is 14.4 Å². The van der Waals surface area contributed by atoms with Gasteiger partial charge in [-0.05, 0) is 31.1 Å². The minimum atomic E-state index is -0.764. The molecule has 2 atom stereocenters. The van der Waals surface area contributed by atoms with Crippen LogP contribution in [-0.4, -0.2) is 37.2 Å². The molecule has 0 spiro atoms. The van der Waals surface area contributed by atoms with Gasteiger partial charge in [0.05, 0.1) is 0 Å². The molecule has 0 rings (SSSR count). The smallest absolute Gasteiger partial charge is 0.306 e. The first-order valence-electron chi connectivity index (χ1n) is 30.8. The summed E-state index contributed by atoms with van der Waals surface area (Å²) in [6, 6.07) is 0. The highest BCUT2D eigenvalue weighted by molar-refractivity contribution is 5.71. The van der Waals surface area contributed by atoms with Crippen LogP contribution >= 0.6 is 0 Å². The van der Waals surface area contributed by atoms with Gasteiger partial charge >= 0.3 is 17.9 Å². The summed E-state index contributed by atoms with van der Waals surface area (Å²) in [6.45, 7) is 11.5. The Hall–Kier alpha value is -1.59. The molecule has 0 radical (unpaired) electrons. The minimum Gasteiger partial charge on any atom is -0.462 e. The van der Waals surface area contributed by atoms with Crippen LogP contribution in [0.3, 0.4) is 0 Å². The Labute approximate surface area is 425 Å². The third-order valence-corrected chi connectivity index (χ3v) is 14.6. The fourth-order valence-corrected chi connectivity index (χ4v) is 9.55. The van der Waals surface area contributed by atoms with Crippen molar-refractivity contribution < 1.29 is 28.6 Å². The molecule has 0 amide bonds. The van der Waals surface area contributed by atoms with E-state index in [0.717, 1.165) is 69.6 Å². The third kappa shape index (κ3) is 53.8. The fraction of sp³-hybridized carbons (Fsp3) is 0.952.